The highest BCUT2D eigenvalue weighted by molar-refractivity contribution is 6.01. The van der Waals surface area contributed by atoms with Crippen LogP contribution in [0.25, 0.3) is 11.1 Å². The molecule has 7 N–H and O–H groups in total. The number of carboxylic acid groups (broad SMARTS) is 3. The molecule has 0 saturated carbocycles. The molecule has 29 heavy (non-hydrogen) atoms. The summed E-state index contributed by atoms with van der Waals surface area (Å²) in [6.45, 7) is 4.79. The summed E-state index contributed by atoms with van der Waals surface area (Å²) in [5.74, 6) is -2.50. The van der Waals surface area contributed by atoms with Gasteiger partial charge in [-0.1, -0.05) is 18.2 Å². The highest BCUT2D eigenvalue weighted by Crippen LogP contribution is 2.26. The van der Waals surface area contributed by atoms with Crippen LogP contribution < -0.4 is 11.5 Å². The Morgan fingerprint density at radius 2 is 1.00 bits per heavy atom. The Morgan fingerprint density at radius 1 is 0.655 bits per heavy atom. The molecule has 0 fully saturated rings. The average Bonchev–Trinajstić information content (AvgIpc) is 2.54. The standard InChI is InChI=1S/C14H14N2O.3C2H4O2/c1-9(17)14-8-12(16)6-7-13(14)10-2-4-11(15)5-3-10;3*1-2(3)4/h2-8H,15-16H2,1H3;3*1H3,(H,3,4). The first-order valence-corrected chi connectivity index (χ1v) is 8.12. The van der Waals surface area contributed by atoms with Crippen molar-refractivity contribution in [2.24, 2.45) is 0 Å². The van der Waals surface area contributed by atoms with Crippen LogP contribution in [0.2, 0.25) is 0 Å². The molecule has 0 aliphatic heterocycles. The van der Waals surface area contributed by atoms with Gasteiger partial charge < -0.3 is 26.8 Å². The molecule has 0 atom stereocenters. The van der Waals surface area contributed by atoms with Crippen molar-refractivity contribution in [3.8, 4) is 11.1 Å². The number of nitrogens with two attached hydrogens (primary N) is 2. The van der Waals surface area contributed by atoms with Crippen LogP contribution >= 0.6 is 0 Å². The minimum atomic E-state index is -0.833. The SMILES string of the molecule is CC(=O)O.CC(=O)O.CC(=O)O.CC(=O)c1cc(N)ccc1-c1ccc(N)cc1. The lowest BCUT2D eigenvalue weighted by Gasteiger charge is -2.08. The highest BCUT2D eigenvalue weighted by Gasteiger charge is 2.09. The van der Waals surface area contributed by atoms with E-state index in [2.05, 4.69) is 0 Å². The number of anilines is 2. The predicted octanol–water partition coefficient (Wildman–Crippen LogP) is 2.99. The van der Waals surface area contributed by atoms with E-state index < -0.39 is 17.9 Å². The monoisotopic (exact) mass is 406 g/mol. The van der Waals surface area contributed by atoms with Crippen molar-refractivity contribution < 1.29 is 34.5 Å². The molecule has 0 aliphatic carbocycles. The number of Topliss-reactive ketones (excluding diaryl/α,β-unsaturated/α-hetero) is 1. The maximum absolute atomic E-state index is 11.6. The summed E-state index contributed by atoms with van der Waals surface area (Å²) in [6.07, 6.45) is 0. The molecule has 0 amide bonds. The average molecular weight is 406 g/mol. The fourth-order valence-electron chi connectivity index (χ4n) is 1.77. The molecule has 9 heteroatoms. The molecule has 0 saturated heterocycles. The van der Waals surface area contributed by atoms with Gasteiger partial charge in [0.05, 0.1) is 0 Å². The van der Waals surface area contributed by atoms with Crippen molar-refractivity contribution in [3.05, 3.63) is 48.0 Å². The largest absolute Gasteiger partial charge is 0.481 e. The molecule has 2 aromatic carbocycles. The molecule has 9 nitrogen and oxygen atoms in total. The molecule has 0 heterocycles. The molecule has 2 rings (SSSR count). The van der Waals surface area contributed by atoms with E-state index in [1.165, 1.54) is 6.92 Å². The van der Waals surface area contributed by atoms with E-state index in [-0.39, 0.29) is 5.78 Å². The van der Waals surface area contributed by atoms with E-state index in [1.54, 1.807) is 12.1 Å². The Bertz CT molecular complexity index is 791. The van der Waals surface area contributed by atoms with Crippen molar-refractivity contribution in [3.63, 3.8) is 0 Å². The van der Waals surface area contributed by atoms with Gasteiger partial charge in [0.25, 0.3) is 17.9 Å². The number of ketones is 1. The van der Waals surface area contributed by atoms with E-state index >= 15 is 0 Å². The van der Waals surface area contributed by atoms with E-state index in [1.807, 2.05) is 30.3 Å². The van der Waals surface area contributed by atoms with Gasteiger partial charge in [-0.3, -0.25) is 19.2 Å². The second-order valence-corrected chi connectivity index (χ2v) is 5.54. The number of rotatable bonds is 2. The third-order valence-electron chi connectivity index (χ3n) is 2.64. The number of hydrogen-bond acceptors (Lipinski definition) is 6. The zero-order valence-electron chi connectivity index (χ0n) is 16.7. The quantitative estimate of drug-likeness (QED) is 0.370. The van der Waals surface area contributed by atoms with Gasteiger partial charge >= 0.3 is 0 Å². The van der Waals surface area contributed by atoms with Crippen LogP contribution in [-0.4, -0.2) is 39.0 Å². The molecule has 158 valence electrons. The Labute approximate surface area is 168 Å². The Hall–Kier alpha value is -3.88. The number of nitrogen functional groups attached to an aromatic ring is 2. The summed E-state index contributed by atoms with van der Waals surface area (Å²) in [6, 6.07) is 12.8. The second-order valence-electron chi connectivity index (χ2n) is 5.54. The van der Waals surface area contributed by atoms with Gasteiger partial charge in [0.15, 0.2) is 5.78 Å². The van der Waals surface area contributed by atoms with Crippen LogP contribution in [0.4, 0.5) is 11.4 Å². The van der Waals surface area contributed by atoms with E-state index in [0.29, 0.717) is 16.9 Å². The van der Waals surface area contributed by atoms with Crippen molar-refractivity contribution in [2.75, 3.05) is 11.5 Å². The van der Waals surface area contributed by atoms with Crippen molar-refractivity contribution in [1.82, 2.24) is 0 Å². The lowest BCUT2D eigenvalue weighted by Crippen LogP contribution is -1.98. The van der Waals surface area contributed by atoms with E-state index in [9.17, 15) is 4.79 Å². The lowest BCUT2D eigenvalue weighted by atomic mass is 9.97. The van der Waals surface area contributed by atoms with Gasteiger partial charge in [0.2, 0.25) is 0 Å². The maximum Gasteiger partial charge on any atom is 0.300 e. The Kier molecular flexibility index (Phi) is 13.4. The van der Waals surface area contributed by atoms with Crippen LogP contribution in [0, 0.1) is 0 Å². The molecule has 0 spiro atoms. The summed E-state index contributed by atoms with van der Waals surface area (Å²) in [5.41, 5.74) is 15.1. The zero-order valence-corrected chi connectivity index (χ0v) is 16.7. The molecule has 0 bridgehead atoms. The summed E-state index contributed by atoms with van der Waals surface area (Å²) >= 11 is 0. The van der Waals surface area contributed by atoms with Gasteiger partial charge in [-0.25, -0.2) is 0 Å². The first-order valence-electron chi connectivity index (χ1n) is 8.12. The summed E-state index contributed by atoms with van der Waals surface area (Å²) in [7, 11) is 0. The van der Waals surface area contributed by atoms with Crippen LogP contribution in [0.15, 0.2) is 42.5 Å². The molecule has 0 unspecified atom stereocenters. The lowest BCUT2D eigenvalue weighted by molar-refractivity contribution is -0.135. The van der Waals surface area contributed by atoms with E-state index in [4.69, 9.17) is 41.2 Å². The smallest absolute Gasteiger partial charge is 0.300 e. The number of carbonyl (C=O) groups is 4. The molecule has 0 aromatic heterocycles. The number of aliphatic carboxylic acids is 3. The van der Waals surface area contributed by atoms with Gasteiger partial charge in [-0.2, -0.15) is 0 Å². The molecular formula is C20H26N2O7. The Morgan fingerprint density at radius 3 is 1.34 bits per heavy atom. The maximum atomic E-state index is 11.6. The summed E-state index contributed by atoms with van der Waals surface area (Å²) in [4.78, 5) is 38.6. The zero-order chi connectivity index (χ0) is 23.1. The number of benzene rings is 2. The van der Waals surface area contributed by atoms with Crippen LogP contribution in [0.3, 0.4) is 0 Å². The minimum absolute atomic E-state index is 0.00382. The second kappa shape index (κ2) is 14.2. The van der Waals surface area contributed by atoms with Gasteiger partial charge in [-0.05, 0) is 42.3 Å². The molecule has 2 aromatic rings. The topological polar surface area (TPSA) is 181 Å². The molecule has 0 radical (unpaired) electrons. The first kappa shape index (κ1) is 27.3. The number of hydrogen-bond donors (Lipinski definition) is 5. The van der Waals surface area contributed by atoms with Gasteiger partial charge in [-0.15, -0.1) is 0 Å². The van der Waals surface area contributed by atoms with Crippen LogP contribution in [0.5, 0.6) is 0 Å². The minimum Gasteiger partial charge on any atom is -0.481 e. The number of carbonyl (C=O) groups excluding carboxylic acids is 1. The fraction of sp³-hybridized carbons (Fsp3) is 0.200. The van der Waals surface area contributed by atoms with Gasteiger partial charge in [0, 0.05) is 37.7 Å². The number of carboxylic acids is 3. The highest BCUT2D eigenvalue weighted by atomic mass is 16.4. The van der Waals surface area contributed by atoms with Crippen molar-refractivity contribution in [1.29, 1.82) is 0 Å². The van der Waals surface area contributed by atoms with Crippen LogP contribution in [0.1, 0.15) is 38.1 Å². The van der Waals surface area contributed by atoms with Gasteiger partial charge in [0.1, 0.15) is 0 Å². The van der Waals surface area contributed by atoms with Crippen LogP contribution in [-0.2, 0) is 14.4 Å². The van der Waals surface area contributed by atoms with Crippen molar-refractivity contribution >= 4 is 35.1 Å². The fourth-order valence-corrected chi connectivity index (χ4v) is 1.77. The summed E-state index contributed by atoms with van der Waals surface area (Å²) in [5, 5.41) is 22.2. The third kappa shape index (κ3) is 16.0. The van der Waals surface area contributed by atoms with E-state index in [0.717, 1.165) is 31.9 Å². The third-order valence-corrected chi connectivity index (χ3v) is 2.64. The summed E-state index contributed by atoms with van der Waals surface area (Å²) < 4.78 is 0. The molecule has 0 aliphatic rings. The Balaban J connectivity index is 0. The molecular weight excluding hydrogens is 380 g/mol. The predicted molar refractivity (Wildman–Crippen MR) is 111 cm³/mol. The normalized spacial score (nSPS) is 8.55. The first-order chi connectivity index (χ1) is 13.3. The van der Waals surface area contributed by atoms with Crippen molar-refractivity contribution in [2.45, 2.75) is 27.7 Å².